The number of amides is 1. The molecule has 1 amide bonds. The van der Waals surface area contributed by atoms with Crippen LogP contribution in [-0.2, 0) is 24.3 Å². The van der Waals surface area contributed by atoms with Gasteiger partial charge >= 0.3 is 0 Å². The van der Waals surface area contributed by atoms with E-state index in [0.717, 1.165) is 12.8 Å². The molecule has 0 aromatic heterocycles. The number of hydrogen-bond donors (Lipinski definition) is 3. The van der Waals surface area contributed by atoms with Crippen molar-refractivity contribution >= 4 is 15.9 Å². The number of sulfonamides is 1. The molecule has 0 unspecified atom stereocenters. The first-order valence-corrected chi connectivity index (χ1v) is 12.2. The molecule has 31 heavy (non-hydrogen) atoms. The zero-order valence-corrected chi connectivity index (χ0v) is 18.6. The van der Waals surface area contributed by atoms with Gasteiger partial charge in [-0.25, -0.2) is 13.1 Å². The van der Waals surface area contributed by atoms with Crippen LogP contribution in [0.15, 0.2) is 29.2 Å². The summed E-state index contributed by atoms with van der Waals surface area (Å²) in [6.07, 6.45) is 2.44. The largest absolute Gasteiger partial charge is 0.495 e. The van der Waals surface area contributed by atoms with Gasteiger partial charge in [0.05, 0.1) is 32.0 Å². The van der Waals surface area contributed by atoms with Crippen LogP contribution in [0.5, 0.6) is 5.75 Å². The topological polar surface area (TPSA) is 123 Å². The van der Waals surface area contributed by atoms with Crippen molar-refractivity contribution in [3.05, 3.63) is 24.3 Å². The van der Waals surface area contributed by atoms with E-state index in [1.165, 1.54) is 13.2 Å². The second-order valence-corrected chi connectivity index (χ2v) is 9.58. The normalized spacial score (nSPS) is 25.2. The van der Waals surface area contributed by atoms with Crippen LogP contribution in [0.4, 0.5) is 0 Å². The van der Waals surface area contributed by atoms with E-state index in [0.29, 0.717) is 39.0 Å². The third kappa shape index (κ3) is 6.39. The SMILES string of the molecule is COc1ccccc1S(=O)(=O)N[C@@H]1CC[C@@H](CCNC(=O)C2CCOCC2)O[C@H]1CO. The van der Waals surface area contributed by atoms with Gasteiger partial charge in [-0.15, -0.1) is 0 Å². The van der Waals surface area contributed by atoms with Crippen molar-refractivity contribution in [2.45, 2.75) is 55.2 Å². The summed E-state index contributed by atoms with van der Waals surface area (Å²) in [4.78, 5) is 12.3. The molecule has 0 aliphatic carbocycles. The summed E-state index contributed by atoms with van der Waals surface area (Å²) in [6, 6.07) is 5.84. The number of para-hydroxylation sites is 1. The number of carbonyl (C=O) groups is 1. The van der Waals surface area contributed by atoms with Gasteiger partial charge in [-0.1, -0.05) is 12.1 Å². The second-order valence-electron chi connectivity index (χ2n) is 7.90. The fourth-order valence-electron chi connectivity index (χ4n) is 4.04. The lowest BCUT2D eigenvalue weighted by atomic mass is 9.97. The molecule has 2 aliphatic heterocycles. The molecule has 0 spiro atoms. The molecular weight excluding hydrogens is 424 g/mol. The molecule has 3 N–H and O–H groups in total. The fourth-order valence-corrected chi connectivity index (χ4v) is 5.51. The molecule has 0 bridgehead atoms. The van der Waals surface area contributed by atoms with Crippen LogP contribution < -0.4 is 14.8 Å². The second kappa shape index (κ2) is 11.2. The minimum absolute atomic E-state index is 0.0000190. The molecule has 3 rings (SSSR count). The molecule has 0 saturated carbocycles. The molecule has 1 aromatic carbocycles. The van der Waals surface area contributed by atoms with Gasteiger partial charge in [0.1, 0.15) is 10.6 Å². The van der Waals surface area contributed by atoms with Crippen molar-refractivity contribution in [3.8, 4) is 5.75 Å². The molecule has 2 fully saturated rings. The number of aliphatic hydroxyl groups is 1. The van der Waals surface area contributed by atoms with Crippen molar-refractivity contribution in [1.82, 2.24) is 10.0 Å². The van der Waals surface area contributed by atoms with Gasteiger partial charge < -0.3 is 24.6 Å². The minimum Gasteiger partial charge on any atom is -0.495 e. The van der Waals surface area contributed by atoms with Gasteiger partial charge in [0.25, 0.3) is 0 Å². The van der Waals surface area contributed by atoms with E-state index in [1.54, 1.807) is 18.2 Å². The summed E-state index contributed by atoms with van der Waals surface area (Å²) in [5, 5.41) is 12.7. The Morgan fingerprint density at radius 1 is 1.19 bits per heavy atom. The smallest absolute Gasteiger partial charge is 0.244 e. The monoisotopic (exact) mass is 456 g/mol. The molecule has 174 valence electrons. The van der Waals surface area contributed by atoms with E-state index in [1.807, 2.05) is 0 Å². The van der Waals surface area contributed by atoms with E-state index in [4.69, 9.17) is 14.2 Å². The Bertz CT molecular complexity index is 827. The summed E-state index contributed by atoms with van der Waals surface area (Å²) < 4.78 is 44.7. The Morgan fingerprint density at radius 3 is 2.65 bits per heavy atom. The highest BCUT2D eigenvalue weighted by atomic mass is 32.2. The highest BCUT2D eigenvalue weighted by Crippen LogP contribution is 2.26. The maximum atomic E-state index is 12.8. The van der Waals surface area contributed by atoms with E-state index in [9.17, 15) is 18.3 Å². The number of hydrogen-bond acceptors (Lipinski definition) is 7. The lowest BCUT2D eigenvalue weighted by molar-refractivity contribution is -0.128. The lowest BCUT2D eigenvalue weighted by Gasteiger charge is -2.36. The van der Waals surface area contributed by atoms with Gasteiger partial charge in [0, 0.05) is 25.7 Å². The maximum Gasteiger partial charge on any atom is 0.244 e. The van der Waals surface area contributed by atoms with Crippen LogP contribution in [0.3, 0.4) is 0 Å². The Labute approximate surface area is 183 Å². The van der Waals surface area contributed by atoms with Crippen LogP contribution in [-0.4, -0.2) is 71.2 Å². The highest BCUT2D eigenvalue weighted by Gasteiger charge is 2.34. The third-order valence-electron chi connectivity index (χ3n) is 5.82. The standard InChI is InChI=1S/C21H32N2O7S/c1-28-18-4-2-3-5-20(18)31(26,27)23-17-7-6-16(30-19(17)14-24)8-11-22-21(25)15-9-12-29-13-10-15/h2-5,15-17,19,23-24H,6-14H2,1H3,(H,22,25)/t16-,17+,19-/m0/s1. The van der Waals surface area contributed by atoms with Gasteiger partial charge in [-0.05, 0) is 44.2 Å². The molecule has 2 saturated heterocycles. The summed E-state index contributed by atoms with van der Waals surface area (Å²) in [5.74, 6) is 0.297. The molecule has 3 atom stereocenters. The van der Waals surface area contributed by atoms with Crippen LogP contribution in [0.2, 0.25) is 0 Å². The summed E-state index contributed by atoms with van der Waals surface area (Å²) in [5.41, 5.74) is 0. The minimum atomic E-state index is -3.84. The molecule has 2 heterocycles. The predicted molar refractivity (Wildman–Crippen MR) is 113 cm³/mol. The Balaban J connectivity index is 1.50. The zero-order valence-electron chi connectivity index (χ0n) is 17.8. The Hall–Kier alpha value is -1.72. The number of methoxy groups -OCH3 is 1. The first-order chi connectivity index (χ1) is 14.9. The number of carbonyl (C=O) groups excluding carboxylic acids is 1. The van der Waals surface area contributed by atoms with Crippen molar-refractivity contribution in [3.63, 3.8) is 0 Å². The molecule has 1 aromatic rings. The average molecular weight is 457 g/mol. The van der Waals surface area contributed by atoms with Crippen molar-refractivity contribution < 1.29 is 32.5 Å². The summed E-state index contributed by atoms with van der Waals surface area (Å²) >= 11 is 0. The zero-order chi connectivity index (χ0) is 22.3. The van der Waals surface area contributed by atoms with E-state index in [-0.39, 0.29) is 35.2 Å². The summed E-state index contributed by atoms with van der Waals surface area (Å²) in [7, 11) is -2.42. The number of aliphatic hydroxyl groups excluding tert-OH is 1. The van der Waals surface area contributed by atoms with Crippen molar-refractivity contribution in [2.24, 2.45) is 5.92 Å². The van der Waals surface area contributed by atoms with Crippen molar-refractivity contribution in [1.29, 1.82) is 0 Å². The van der Waals surface area contributed by atoms with Crippen LogP contribution >= 0.6 is 0 Å². The number of rotatable bonds is 9. The number of nitrogens with one attached hydrogen (secondary N) is 2. The van der Waals surface area contributed by atoms with Crippen molar-refractivity contribution in [2.75, 3.05) is 33.5 Å². The molecular formula is C21H32N2O7S. The molecule has 2 aliphatic rings. The lowest BCUT2D eigenvalue weighted by Crippen LogP contribution is -2.51. The van der Waals surface area contributed by atoms with Crippen LogP contribution in [0.25, 0.3) is 0 Å². The molecule has 9 nitrogen and oxygen atoms in total. The maximum absolute atomic E-state index is 12.8. The van der Waals surface area contributed by atoms with Gasteiger partial charge in [-0.2, -0.15) is 0 Å². The summed E-state index contributed by atoms with van der Waals surface area (Å²) in [6.45, 7) is 1.42. The Morgan fingerprint density at radius 2 is 1.94 bits per heavy atom. The van der Waals surface area contributed by atoms with Gasteiger partial charge in [0.2, 0.25) is 15.9 Å². The predicted octanol–water partition coefficient (Wildman–Crippen LogP) is 0.815. The first kappa shape index (κ1) is 23.9. The van der Waals surface area contributed by atoms with Gasteiger partial charge in [-0.3, -0.25) is 4.79 Å². The molecule has 10 heteroatoms. The van der Waals surface area contributed by atoms with E-state index in [2.05, 4.69) is 10.0 Å². The van der Waals surface area contributed by atoms with E-state index >= 15 is 0 Å². The highest BCUT2D eigenvalue weighted by molar-refractivity contribution is 7.89. The first-order valence-electron chi connectivity index (χ1n) is 10.7. The van der Waals surface area contributed by atoms with Gasteiger partial charge in [0.15, 0.2) is 0 Å². The number of ether oxygens (including phenoxy) is 3. The Kier molecular flexibility index (Phi) is 8.67. The quantitative estimate of drug-likeness (QED) is 0.503. The molecule has 0 radical (unpaired) electrons. The number of benzene rings is 1. The van der Waals surface area contributed by atoms with E-state index < -0.39 is 22.2 Å². The van der Waals surface area contributed by atoms with Crippen LogP contribution in [0, 0.1) is 5.92 Å². The average Bonchev–Trinajstić information content (AvgIpc) is 2.80. The van der Waals surface area contributed by atoms with Crippen LogP contribution in [0.1, 0.15) is 32.1 Å². The fraction of sp³-hybridized carbons (Fsp3) is 0.667. The third-order valence-corrected chi connectivity index (χ3v) is 7.35.